The Labute approximate surface area is 95.9 Å². The molecule has 0 atom stereocenters. The first-order valence-electron chi connectivity index (χ1n) is 5.67. The highest BCUT2D eigenvalue weighted by atomic mass is 16.5. The Kier molecular flexibility index (Phi) is 3.74. The van der Waals surface area contributed by atoms with Crippen LogP contribution < -0.4 is 4.90 Å². The lowest BCUT2D eigenvalue weighted by molar-refractivity contribution is 0.204. The molecule has 0 spiro atoms. The van der Waals surface area contributed by atoms with Gasteiger partial charge in [0.05, 0.1) is 13.2 Å². The molecule has 0 aliphatic heterocycles. The van der Waals surface area contributed by atoms with Crippen LogP contribution in [0.4, 0.5) is 5.82 Å². The Balaban J connectivity index is 2.16. The second-order valence-electron chi connectivity index (χ2n) is 4.06. The maximum atomic E-state index is 9.30. The van der Waals surface area contributed by atoms with Crippen LogP contribution in [0, 0.1) is 0 Å². The average molecular weight is 222 g/mol. The highest BCUT2D eigenvalue weighted by Gasteiger charge is 2.30. The molecular formula is C12H18N2O2. The van der Waals surface area contributed by atoms with Crippen molar-refractivity contribution in [1.29, 1.82) is 0 Å². The fourth-order valence-corrected chi connectivity index (χ4v) is 1.85. The summed E-state index contributed by atoms with van der Waals surface area (Å²) < 4.78 is 5.11. The largest absolute Gasteiger partial charge is 0.392 e. The lowest BCUT2D eigenvalue weighted by Crippen LogP contribution is -2.31. The Morgan fingerprint density at radius 3 is 3.00 bits per heavy atom. The highest BCUT2D eigenvalue weighted by Crippen LogP contribution is 2.31. The summed E-state index contributed by atoms with van der Waals surface area (Å²) in [5, 5.41) is 9.30. The zero-order valence-electron chi connectivity index (χ0n) is 9.59. The first kappa shape index (κ1) is 11.4. The molecule has 0 radical (unpaired) electrons. The maximum absolute atomic E-state index is 9.30. The van der Waals surface area contributed by atoms with E-state index in [1.54, 1.807) is 13.3 Å². The molecule has 0 bridgehead atoms. The van der Waals surface area contributed by atoms with Gasteiger partial charge in [-0.2, -0.15) is 0 Å². The molecule has 4 heteroatoms. The number of nitrogens with zero attached hydrogens (tertiary/aromatic N) is 2. The monoisotopic (exact) mass is 222 g/mol. The van der Waals surface area contributed by atoms with E-state index in [4.69, 9.17) is 4.74 Å². The summed E-state index contributed by atoms with van der Waals surface area (Å²) in [6, 6.07) is 4.36. The van der Waals surface area contributed by atoms with Gasteiger partial charge in [-0.1, -0.05) is 6.07 Å². The van der Waals surface area contributed by atoms with E-state index < -0.39 is 0 Å². The van der Waals surface area contributed by atoms with Crippen molar-refractivity contribution >= 4 is 5.82 Å². The van der Waals surface area contributed by atoms with Gasteiger partial charge in [0.1, 0.15) is 5.82 Å². The van der Waals surface area contributed by atoms with Gasteiger partial charge in [0, 0.05) is 31.5 Å². The quantitative estimate of drug-likeness (QED) is 0.785. The van der Waals surface area contributed by atoms with Crippen LogP contribution in [-0.2, 0) is 11.3 Å². The maximum Gasteiger partial charge on any atom is 0.134 e. The lowest BCUT2D eigenvalue weighted by Gasteiger charge is -2.24. The minimum Gasteiger partial charge on any atom is -0.392 e. The minimum absolute atomic E-state index is 0.0410. The van der Waals surface area contributed by atoms with Crippen LogP contribution in [0.15, 0.2) is 18.3 Å². The smallest absolute Gasteiger partial charge is 0.134 e. The van der Waals surface area contributed by atoms with Crippen molar-refractivity contribution in [2.24, 2.45) is 0 Å². The van der Waals surface area contributed by atoms with Gasteiger partial charge in [0.2, 0.25) is 0 Å². The standard InChI is InChI=1S/C12H18N2O2/c1-16-8-7-14(11-4-5-11)12-10(9-15)3-2-6-13-12/h2-3,6,11,15H,4-5,7-9H2,1H3. The number of aromatic nitrogens is 1. The molecule has 0 unspecified atom stereocenters. The van der Waals surface area contributed by atoms with E-state index in [2.05, 4.69) is 9.88 Å². The van der Waals surface area contributed by atoms with Gasteiger partial charge < -0.3 is 14.7 Å². The van der Waals surface area contributed by atoms with Crippen molar-refractivity contribution < 1.29 is 9.84 Å². The molecule has 0 amide bonds. The molecule has 0 saturated heterocycles. The van der Waals surface area contributed by atoms with Crippen molar-refractivity contribution in [2.75, 3.05) is 25.2 Å². The van der Waals surface area contributed by atoms with Crippen LogP contribution in [0.1, 0.15) is 18.4 Å². The summed E-state index contributed by atoms with van der Waals surface area (Å²) >= 11 is 0. The molecule has 1 aromatic rings. The summed E-state index contributed by atoms with van der Waals surface area (Å²) in [4.78, 5) is 6.62. The molecular weight excluding hydrogens is 204 g/mol. The number of aliphatic hydroxyl groups excluding tert-OH is 1. The molecule has 0 aromatic carbocycles. The van der Waals surface area contributed by atoms with Crippen LogP contribution in [0.2, 0.25) is 0 Å². The fourth-order valence-electron chi connectivity index (χ4n) is 1.85. The first-order valence-corrected chi connectivity index (χ1v) is 5.67. The van der Waals surface area contributed by atoms with Crippen LogP contribution in [0.3, 0.4) is 0 Å². The van der Waals surface area contributed by atoms with Crippen LogP contribution in [0.25, 0.3) is 0 Å². The van der Waals surface area contributed by atoms with E-state index in [0.29, 0.717) is 12.6 Å². The van der Waals surface area contributed by atoms with Gasteiger partial charge >= 0.3 is 0 Å². The van der Waals surface area contributed by atoms with Gasteiger partial charge in [0.15, 0.2) is 0 Å². The molecule has 1 aromatic heterocycles. The summed E-state index contributed by atoms with van der Waals surface area (Å²) in [5.74, 6) is 0.907. The van der Waals surface area contributed by atoms with E-state index in [1.807, 2.05) is 12.1 Å². The number of hydrogen-bond acceptors (Lipinski definition) is 4. The number of methoxy groups -OCH3 is 1. The molecule has 16 heavy (non-hydrogen) atoms. The van der Waals surface area contributed by atoms with Gasteiger partial charge in [-0.05, 0) is 18.9 Å². The Morgan fingerprint density at radius 1 is 1.56 bits per heavy atom. The summed E-state index contributed by atoms with van der Waals surface area (Å²) in [6.45, 7) is 1.57. The first-order chi connectivity index (χ1) is 7.86. The minimum atomic E-state index is 0.0410. The Morgan fingerprint density at radius 2 is 2.38 bits per heavy atom. The molecule has 1 N–H and O–H groups in total. The van der Waals surface area contributed by atoms with Crippen molar-refractivity contribution in [3.8, 4) is 0 Å². The lowest BCUT2D eigenvalue weighted by atomic mass is 10.2. The zero-order chi connectivity index (χ0) is 11.4. The zero-order valence-corrected chi connectivity index (χ0v) is 9.59. The number of ether oxygens (including phenoxy) is 1. The van der Waals surface area contributed by atoms with Crippen LogP contribution in [0.5, 0.6) is 0 Å². The molecule has 1 fully saturated rings. The normalized spacial score (nSPS) is 15.1. The van der Waals surface area contributed by atoms with E-state index in [1.165, 1.54) is 12.8 Å². The molecule has 2 rings (SSSR count). The second kappa shape index (κ2) is 5.27. The molecule has 1 heterocycles. The predicted octanol–water partition coefficient (Wildman–Crippen LogP) is 1.19. The molecule has 88 valence electrons. The Bertz CT molecular complexity index is 340. The van der Waals surface area contributed by atoms with Gasteiger partial charge in [0.25, 0.3) is 0 Å². The van der Waals surface area contributed by atoms with Gasteiger partial charge in [-0.15, -0.1) is 0 Å². The third-order valence-corrected chi connectivity index (χ3v) is 2.83. The van der Waals surface area contributed by atoms with E-state index in [9.17, 15) is 5.11 Å². The van der Waals surface area contributed by atoms with E-state index in [0.717, 1.165) is 17.9 Å². The number of aliphatic hydroxyl groups is 1. The molecule has 4 nitrogen and oxygen atoms in total. The number of rotatable bonds is 6. The number of hydrogen-bond donors (Lipinski definition) is 1. The molecule has 1 aliphatic carbocycles. The van der Waals surface area contributed by atoms with Crippen molar-refractivity contribution in [1.82, 2.24) is 4.98 Å². The topological polar surface area (TPSA) is 45.6 Å². The second-order valence-corrected chi connectivity index (χ2v) is 4.06. The third-order valence-electron chi connectivity index (χ3n) is 2.83. The summed E-state index contributed by atoms with van der Waals surface area (Å²) in [5.41, 5.74) is 0.894. The van der Waals surface area contributed by atoms with Crippen molar-refractivity contribution in [3.63, 3.8) is 0 Å². The molecule has 1 aliphatic rings. The average Bonchev–Trinajstić information content (AvgIpc) is 3.14. The summed E-state index contributed by atoms with van der Waals surface area (Å²) in [6.07, 6.45) is 4.20. The van der Waals surface area contributed by atoms with Crippen LogP contribution >= 0.6 is 0 Å². The van der Waals surface area contributed by atoms with Gasteiger partial charge in [-0.3, -0.25) is 0 Å². The number of pyridine rings is 1. The van der Waals surface area contributed by atoms with Crippen molar-refractivity contribution in [3.05, 3.63) is 23.9 Å². The van der Waals surface area contributed by atoms with E-state index >= 15 is 0 Å². The Hall–Kier alpha value is -1.13. The predicted molar refractivity (Wildman–Crippen MR) is 62.4 cm³/mol. The fraction of sp³-hybridized carbons (Fsp3) is 0.583. The van der Waals surface area contributed by atoms with Crippen molar-refractivity contribution in [2.45, 2.75) is 25.5 Å². The number of anilines is 1. The SMILES string of the molecule is COCCN(c1ncccc1CO)C1CC1. The molecule has 1 saturated carbocycles. The van der Waals surface area contributed by atoms with E-state index in [-0.39, 0.29) is 6.61 Å². The van der Waals surface area contributed by atoms with Crippen LogP contribution in [-0.4, -0.2) is 36.4 Å². The third kappa shape index (κ3) is 2.51. The highest BCUT2D eigenvalue weighted by molar-refractivity contribution is 5.48. The van der Waals surface area contributed by atoms with Gasteiger partial charge in [-0.25, -0.2) is 4.98 Å². The summed E-state index contributed by atoms with van der Waals surface area (Å²) in [7, 11) is 1.70.